The van der Waals surface area contributed by atoms with Crippen LogP contribution in [0, 0.1) is 13.8 Å². The van der Waals surface area contributed by atoms with E-state index in [1.165, 1.54) is 0 Å². The van der Waals surface area contributed by atoms with Gasteiger partial charge in [0.25, 0.3) is 0 Å². The highest BCUT2D eigenvalue weighted by Crippen LogP contribution is 2.39. The summed E-state index contributed by atoms with van der Waals surface area (Å²) in [6.07, 6.45) is -3.05. The van der Waals surface area contributed by atoms with Gasteiger partial charge in [0.2, 0.25) is 0 Å². The minimum absolute atomic E-state index is 0.0862. The molecule has 2 aromatic carbocycles. The van der Waals surface area contributed by atoms with Gasteiger partial charge in [-0.3, -0.25) is 9.59 Å². The van der Waals surface area contributed by atoms with Gasteiger partial charge in [-0.1, -0.05) is 64.5 Å². The Hall–Kier alpha value is -1.86. The molecule has 0 saturated carbocycles. The number of benzene rings is 2. The minimum atomic E-state index is -2.05. The van der Waals surface area contributed by atoms with E-state index in [2.05, 4.69) is 15.9 Å². The van der Waals surface area contributed by atoms with Crippen molar-refractivity contribution in [2.45, 2.75) is 43.1 Å². The van der Waals surface area contributed by atoms with Crippen molar-refractivity contribution in [1.29, 1.82) is 0 Å². The van der Waals surface area contributed by atoms with E-state index >= 15 is 0 Å². The van der Waals surface area contributed by atoms with Crippen LogP contribution >= 0.6 is 15.9 Å². The lowest BCUT2D eigenvalue weighted by atomic mass is 9.81. The van der Waals surface area contributed by atoms with Crippen molar-refractivity contribution in [3.63, 3.8) is 0 Å². The number of carbonyl (C=O) groups is 2. The molecule has 0 aliphatic carbocycles. The van der Waals surface area contributed by atoms with Gasteiger partial charge >= 0.3 is 0 Å². The lowest BCUT2D eigenvalue weighted by molar-refractivity contribution is -0.144. The second-order valence-electron chi connectivity index (χ2n) is 6.86. The first kappa shape index (κ1) is 19.9. The molecule has 0 aromatic heterocycles. The summed E-state index contributed by atoms with van der Waals surface area (Å²) in [5.41, 5.74) is 0.129. The van der Waals surface area contributed by atoms with Crippen molar-refractivity contribution < 1.29 is 24.5 Å². The highest BCUT2D eigenvalue weighted by molar-refractivity contribution is 9.09. The van der Waals surface area contributed by atoms with Crippen LogP contribution in [0.25, 0.3) is 0 Å². The third-order valence-corrected chi connectivity index (χ3v) is 5.52. The molecule has 4 atom stereocenters. The predicted octanol–water partition coefficient (Wildman–Crippen LogP) is 3.03. The van der Waals surface area contributed by atoms with Crippen molar-refractivity contribution in [3.05, 3.63) is 70.8 Å². The summed E-state index contributed by atoms with van der Waals surface area (Å²) in [5.74, 6) is -1.33. The van der Waals surface area contributed by atoms with Crippen LogP contribution in [0.4, 0.5) is 0 Å². The largest absolute Gasteiger partial charge is 0.380 e. The summed E-state index contributed by atoms with van der Waals surface area (Å²) in [5, 5.41) is 21.1. The summed E-state index contributed by atoms with van der Waals surface area (Å²) < 4.78 is 5.54. The number of Topliss-reactive ketones (excluding diaryl/α,β-unsaturated/α-hetero) is 2. The molecule has 6 heteroatoms. The Balaban J connectivity index is 1.96. The molecule has 5 nitrogen and oxygen atoms in total. The maximum Gasteiger partial charge on any atom is 0.197 e. The molecule has 0 amide bonds. The first-order valence-corrected chi connectivity index (χ1v) is 9.57. The second kappa shape index (κ2) is 7.64. The Morgan fingerprint density at radius 1 is 1.11 bits per heavy atom. The molecule has 1 saturated heterocycles. The molecule has 142 valence electrons. The van der Waals surface area contributed by atoms with Crippen LogP contribution in [0.1, 0.15) is 39.6 Å². The summed E-state index contributed by atoms with van der Waals surface area (Å²) in [7, 11) is 0. The SMILES string of the molecule is Cc1ccccc1C(=O)[C@]1(O)CC(Br)O[C@@H]1C(=O)C(O)c1ccccc1C. The van der Waals surface area contributed by atoms with Crippen LogP contribution in [0.3, 0.4) is 0 Å². The zero-order valence-electron chi connectivity index (χ0n) is 15.1. The van der Waals surface area contributed by atoms with Gasteiger partial charge in [0, 0.05) is 12.0 Å². The van der Waals surface area contributed by atoms with Crippen molar-refractivity contribution >= 4 is 27.5 Å². The lowest BCUT2D eigenvalue weighted by Gasteiger charge is -2.28. The van der Waals surface area contributed by atoms with Crippen LogP contribution in [0.5, 0.6) is 0 Å². The van der Waals surface area contributed by atoms with E-state index in [0.717, 1.165) is 5.56 Å². The number of rotatable bonds is 5. The Bertz CT molecular complexity index is 880. The zero-order valence-corrected chi connectivity index (χ0v) is 16.6. The number of carbonyl (C=O) groups excluding carboxylic acids is 2. The molecule has 2 N–H and O–H groups in total. The number of ether oxygens (including phenoxy) is 1. The molecule has 3 rings (SSSR count). The first-order chi connectivity index (χ1) is 12.8. The zero-order chi connectivity index (χ0) is 19.8. The fourth-order valence-electron chi connectivity index (χ4n) is 3.43. The molecule has 1 heterocycles. The summed E-state index contributed by atoms with van der Waals surface area (Å²) in [6.45, 7) is 3.54. The summed E-state index contributed by atoms with van der Waals surface area (Å²) in [4.78, 5) is 26.1. The molecule has 27 heavy (non-hydrogen) atoms. The summed E-state index contributed by atoms with van der Waals surface area (Å²) >= 11 is 3.23. The van der Waals surface area contributed by atoms with E-state index in [4.69, 9.17) is 4.74 Å². The highest BCUT2D eigenvalue weighted by atomic mass is 79.9. The van der Waals surface area contributed by atoms with Crippen molar-refractivity contribution in [2.75, 3.05) is 0 Å². The van der Waals surface area contributed by atoms with E-state index in [0.29, 0.717) is 16.7 Å². The van der Waals surface area contributed by atoms with Gasteiger partial charge in [0.15, 0.2) is 23.3 Å². The van der Waals surface area contributed by atoms with Crippen molar-refractivity contribution in [3.8, 4) is 0 Å². The van der Waals surface area contributed by atoms with Crippen molar-refractivity contribution in [2.24, 2.45) is 0 Å². The normalized spacial score (nSPS) is 26.0. The van der Waals surface area contributed by atoms with E-state index in [-0.39, 0.29) is 6.42 Å². The number of halogens is 1. The molecule has 1 aliphatic heterocycles. The van der Waals surface area contributed by atoms with Crippen LogP contribution in [0.15, 0.2) is 48.5 Å². The third-order valence-electron chi connectivity index (χ3n) is 4.98. The minimum Gasteiger partial charge on any atom is -0.380 e. The van der Waals surface area contributed by atoms with E-state index in [1.807, 2.05) is 0 Å². The van der Waals surface area contributed by atoms with Crippen LogP contribution < -0.4 is 0 Å². The number of ketones is 2. The Labute approximate surface area is 166 Å². The number of aliphatic hydroxyl groups excluding tert-OH is 1. The number of alkyl halides is 1. The fourth-order valence-corrected chi connectivity index (χ4v) is 4.13. The molecule has 2 unspecified atom stereocenters. The monoisotopic (exact) mass is 432 g/mol. The predicted molar refractivity (Wildman–Crippen MR) is 104 cm³/mol. The van der Waals surface area contributed by atoms with Gasteiger partial charge in [-0.05, 0) is 30.5 Å². The topological polar surface area (TPSA) is 83.8 Å². The van der Waals surface area contributed by atoms with E-state index < -0.39 is 34.4 Å². The quantitative estimate of drug-likeness (QED) is 0.560. The number of hydrogen-bond acceptors (Lipinski definition) is 5. The number of hydrogen-bond donors (Lipinski definition) is 2. The van der Waals surface area contributed by atoms with Crippen LogP contribution in [0.2, 0.25) is 0 Å². The standard InChI is InChI=1S/C21H21BrO5/c1-12-7-3-5-9-14(12)17(23)18(24)20-21(26,11-16(22)27-20)19(25)15-10-6-4-8-13(15)2/h3-10,16-17,20,23,26H,11H2,1-2H3/t16?,17?,20-,21-/m1/s1. The van der Waals surface area contributed by atoms with E-state index in [1.54, 1.807) is 62.4 Å². The van der Waals surface area contributed by atoms with Crippen LogP contribution in [-0.2, 0) is 9.53 Å². The Kier molecular flexibility index (Phi) is 5.63. The van der Waals surface area contributed by atoms with Gasteiger partial charge in [0.05, 0.1) is 0 Å². The molecule has 2 aromatic rings. The Morgan fingerprint density at radius 3 is 2.33 bits per heavy atom. The average Bonchev–Trinajstić information content (AvgIpc) is 2.96. The van der Waals surface area contributed by atoms with Gasteiger partial charge in [-0.15, -0.1) is 0 Å². The maximum atomic E-state index is 13.1. The smallest absolute Gasteiger partial charge is 0.197 e. The number of aliphatic hydroxyl groups is 2. The van der Waals surface area contributed by atoms with E-state index in [9.17, 15) is 19.8 Å². The first-order valence-electron chi connectivity index (χ1n) is 8.65. The van der Waals surface area contributed by atoms with Crippen LogP contribution in [-0.4, -0.2) is 38.5 Å². The number of aryl methyl sites for hydroxylation is 2. The van der Waals surface area contributed by atoms with Gasteiger partial charge in [-0.2, -0.15) is 0 Å². The fraction of sp³-hybridized carbons (Fsp3) is 0.333. The molecular weight excluding hydrogens is 412 g/mol. The highest BCUT2D eigenvalue weighted by Gasteiger charge is 2.56. The average molecular weight is 433 g/mol. The van der Waals surface area contributed by atoms with Gasteiger partial charge < -0.3 is 14.9 Å². The van der Waals surface area contributed by atoms with Gasteiger partial charge in [-0.25, -0.2) is 0 Å². The maximum absolute atomic E-state index is 13.1. The molecule has 1 aliphatic rings. The van der Waals surface area contributed by atoms with Gasteiger partial charge in [0.1, 0.15) is 11.1 Å². The Morgan fingerprint density at radius 2 is 1.70 bits per heavy atom. The summed E-state index contributed by atoms with van der Waals surface area (Å²) in [6, 6.07) is 13.8. The lowest BCUT2D eigenvalue weighted by Crippen LogP contribution is -2.51. The molecule has 0 radical (unpaired) electrons. The third kappa shape index (κ3) is 3.62. The van der Waals surface area contributed by atoms with Crippen molar-refractivity contribution in [1.82, 2.24) is 0 Å². The molecule has 0 bridgehead atoms. The molecular formula is C21H21BrO5. The second-order valence-corrected chi connectivity index (χ2v) is 7.88. The molecule has 0 spiro atoms. The molecule has 1 fully saturated rings.